The summed E-state index contributed by atoms with van der Waals surface area (Å²) in [6.07, 6.45) is 3.87. The zero-order valence-electron chi connectivity index (χ0n) is 19.6. The Kier molecular flexibility index (Phi) is 6.18. The van der Waals surface area contributed by atoms with E-state index in [0.717, 1.165) is 28.1 Å². The lowest BCUT2D eigenvalue weighted by molar-refractivity contribution is 0.0984. The summed E-state index contributed by atoms with van der Waals surface area (Å²) in [5, 5.41) is 6.13. The van der Waals surface area contributed by atoms with Gasteiger partial charge in [-0.25, -0.2) is 4.79 Å². The summed E-state index contributed by atoms with van der Waals surface area (Å²) < 4.78 is 0. The van der Waals surface area contributed by atoms with E-state index in [1.54, 1.807) is 29.4 Å². The molecule has 0 spiro atoms. The van der Waals surface area contributed by atoms with Gasteiger partial charge in [-0.2, -0.15) is 0 Å². The van der Waals surface area contributed by atoms with Crippen LogP contribution < -0.4 is 15.5 Å². The number of amides is 3. The molecule has 6 nitrogen and oxygen atoms in total. The highest BCUT2D eigenvalue weighted by Gasteiger charge is 2.30. The van der Waals surface area contributed by atoms with Gasteiger partial charge in [0.15, 0.2) is 0 Å². The number of nitrogens with one attached hydrogen (secondary N) is 2. The summed E-state index contributed by atoms with van der Waals surface area (Å²) in [5.74, 6) is -0.0672. The first-order chi connectivity index (χ1) is 15.7. The van der Waals surface area contributed by atoms with E-state index >= 15 is 0 Å². The molecule has 4 rings (SSSR count). The van der Waals surface area contributed by atoms with Crippen LogP contribution in [0.2, 0.25) is 0 Å². The molecular weight excluding hydrogens is 412 g/mol. The number of carbonyl (C=O) groups excluding carboxylic acids is 2. The Morgan fingerprint density at radius 2 is 1.76 bits per heavy atom. The number of hydrogen-bond donors (Lipinski definition) is 2. The Labute approximate surface area is 195 Å². The molecule has 1 aliphatic rings. The Morgan fingerprint density at radius 1 is 1.03 bits per heavy atom. The minimum atomic E-state index is -0.252. The lowest BCUT2D eigenvalue weighted by atomic mass is 9.86. The molecule has 33 heavy (non-hydrogen) atoms. The molecule has 1 atom stereocenters. The molecule has 1 aliphatic heterocycles. The van der Waals surface area contributed by atoms with Gasteiger partial charge in [0.1, 0.15) is 0 Å². The van der Waals surface area contributed by atoms with Gasteiger partial charge in [0.05, 0.1) is 6.04 Å². The van der Waals surface area contributed by atoms with Gasteiger partial charge in [-0.15, -0.1) is 0 Å². The molecule has 2 N–H and O–H groups in total. The predicted octanol–water partition coefficient (Wildman–Crippen LogP) is 5.60. The first kappa shape index (κ1) is 22.5. The summed E-state index contributed by atoms with van der Waals surface area (Å²) in [4.78, 5) is 31.8. The van der Waals surface area contributed by atoms with Crippen LogP contribution in [0.1, 0.15) is 60.3 Å². The SMILES string of the molecule is Cc1ccc(C(C)(C)C)cc1NC(=O)NC1CCN(C(=O)c2ccncc2)c2ccccc21. The van der Waals surface area contributed by atoms with Crippen molar-refractivity contribution < 1.29 is 9.59 Å². The average molecular weight is 443 g/mol. The second kappa shape index (κ2) is 9.06. The van der Waals surface area contributed by atoms with Crippen molar-refractivity contribution in [3.05, 3.63) is 89.2 Å². The molecule has 0 fully saturated rings. The molecule has 3 aromatic rings. The van der Waals surface area contributed by atoms with Crippen molar-refractivity contribution >= 4 is 23.3 Å². The van der Waals surface area contributed by atoms with Crippen LogP contribution in [-0.2, 0) is 5.41 Å². The quantitative estimate of drug-likeness (QED) is 0.554. The predicted molar refractivity (Wildman–Crippen MR) is 132 cm³/mol. The van der Waals surface area contributed by atoms with E-state index in [0.29, 0.717) is 18.5 Å². The molecule has 0 saturated heterocycles. The highest BCUT2D eigenvalue weighted by molar-refractivity contribution is 6.06. The number of pyridine rings is 1. The summed E-state index contributed by atoms with van der Waals surface area (Å²) in [7, 11) is 0. The maximum atomic E-state index is 13.1. The standard InChI is InChI=1S/C27H30N4O2/c1-18-9-10-20(27(2,3)4)17-23(18)30-26(33)29-22-13-16-31(24-8-6-5-7-21(22)24)25(32)19-11-14-28-15-12-19/h5-12,14-15,17,22H,13,16H2,1-4H3,(H2,29,30,33). The van der Waals surface area contributed by atoms with Gasteiger partial charge in [0.2, 0.25) is 0 Å². The summed E-state index contributed by atoms with van der Waals surface area (Å²) in [5.41, 5.74) is 5.32. The van der Waals surface area contributed by atoms with Crippen LogP contribution >= 0.6 is 0 Å². The summed E-state index contributed by atoms with van der Waals surface area (Å²) >= 11 is 0. The monoisotopic (exact) mass is 442 g/mol. The normalized spacial score (nSPS) is 15.5. The third-order valence-corrected chi connectivity index (χ3v) is 6.07. The molecule has 0 aliphatic carbocycles. The molecule has 0 saturated carbocycles. The van der Waals surface area contributed by atoms with E-state index in [4.69, 9.17) is 0 Å². The number of benzene rings is 2. The summed E-state index contributed by atoms with van der Waals surface area (Å²) in [6.45, 7) is 8.96. The number of carbonyl (C=O) groups is 2. The van der Waals surface area contributed by atoms with E-state index in [1.807, 2.05) is 43.3 Å². The van der Waals surface area contributed by atoms with Gasteiger partial charge in [0.25, 0.3) is 5.91 Å². The Bertz CT molecular complexity index is 1170. The van der Waals surface area contributed by atoms with Crippen LogP contribution in [0.3, 0.4) is 0 Å². The van der Waals surface area contributed by atoms with Crippen LogP contribution in [-0.4, -0.2) is 23.5 Å². The Balaban J connectivity index is 1.52. The van der Waals surface area contributed by atoms with Crippen molar-refractivity contribution in [2.75, 3.05) is 16.8 Å². The molecule has 2 aromatic carbocycles. The topological polar surface area (TPSA) is 74.3 Å². The fourth-order valence-corrected chi connectivity index (χ4v) is 4.11. The van der Waals surface area contributed by atoms with Gasteiger partial charge in [0, 0.05) is 35.9 Å². The maximum Gasteiger partial charge on any atom is 0.319 e. The minimum Gasteiger partial charge on any atom is -0.331 e. The van der Waals surface area contributed by atoms with Gasteiger partial charge < -0.3 is 15.5 Å². The molecule has 1 aromatic heterocycles. The number of nitrogens with zero attached hydrogens (tertiary/aromatic N) is 2. The number of aromatic nitrogens is 1. The highest BCUT2D eigenvalue weighted by atomic mass is 16.2. The highest BCUT2D eigenvalue weighted by Crippen LogP contribution is 2.35. The second-order valence-electron chi connectivity index (χ2n) is 9.47. The van der Waals surface area contributed by atoms with Crippen LogP contribution in [0.15, 0.2) is 67.0 Å². The number of para-hydroxylation sites is 1. The van der Waals surface area contributed by atoms with E-state index in [9.17, 15) is 9.59 Å². The molecule has 3 amide bonds. The zero-order valence-corrected chi connectivity index (χ0v) is 19.6. The van der Waals surface area contributed by atoms with Gasteiger partial charge in [-0.3, -0.25) is 9.78 Å². The van der Waals surface area contributed by atoms with Gasteiger partial charge in [-0.1, -0.05) is 51.1 Å². The van der Waals surface area contributed by atoms with Crippen LogP contribution in [0.25, 0.3) is 0 Å². The number of hydrogen-bond acceptors (Lipinski definition) is 3. The van der Waals surface area contributed by atoms with Gasteiger partial charge in [-0.05, 0) is 59.7 Å². The lowest BCUT2D eigenvalue weighted by Crippen LogP contribution is -2.42. The third-order valence-electron chi connectivity index (χ3n) is 6.07. The van der Waals surface area contributed by atoms with Crippen molar-refractivity contribution in [2.24, 2.45) is 0 Å². The molecule has 2 heterocycles. The fraction of sp³-hybridized carbons (Fsp3) is 0.296. The average Bonchev–Trinajstić information content (AvgIpc) is 2.80. The lowest BCUT2D eigenvalue weighted by Gasteiger charge is -2.34. The number of urea groups is 1. The van der Waals surface area contributed by atoms with Crippen molar-refractivity contribution in [3.63, 3.8) is 0 Å². The second-order valence-corrected chi connectivity index (χ2v) is 9.47. The van der Waals surface area contributed by atoms with Crippen molar-refractivity contribution in [1.82, 2.24) is 10.3 Å². The fourth-order valence-electron chi connectivity index (χ4n) is 4.11. The van der Waals surface area contributed by atoms with Crippen molar-refractivity contribution in [2.45, 2.75) is 45.6 Å². The molecule has 6 heteroatoms. The van der Waals surface area contributed by atoms with E-state index < -0.39 is 0 Å². The van der Waals surface area contributed by atoms with Crippen molar-refractivity contribution in [3.8, 4) is 0 Å². The van der Waals surface area contributed by atoms with E-state index in [2.05, 4.69) is 42.5 Å². The first-order valence-electron chi connectivity index (χ1n) is 11.2. The first-order valence-corrected chi connectivity index (χ1v) is 11.2. The molecular formula is C27H30N4O2. The molecule has 170 valence electrons. The molecule has 1 unspecified atom stereocenters. The third kappa shape index (κ3) is 4.90. The van der Waals surface area contributed by atoms with Gasteiger partial charge >= 0.3 is 6.03 Å². The number of aryl methyl sites for hydroxylation is 1. The van der Waals surface area contributed by atoms with Crippen molar-refractivity contribution in [1.29, 1.82) is 0 Å². The largest absolute Gasteiger partial charge is 0.331 e. The number of anilines is 2. The minimum absolute atomic E-state index is 0.00622. The van der Waals surface area contributed by atoms with E-state index in [1.165, 1.54) is 0 Å². The van der Waals surface area contributed by atoms with Crippen LogP contribution in [0.5, 0.6) is 0 Å². The Hall–Kier alpha value is -3.67. The molecule has 0 bridgehead atoms. The van der Waals surface area contributed by atoms with Crippen LogP contribution in [0.4, 0.5) is 16.2 Å². The number of rotatable bonds is 3. The zero-order chi connectivity index (χ0) is 23.6. The maximum absolute atomic E-state index is 13.1. The Morgan fingerprint density at radius 3 is 2.48 bits per heavy atom. The van der Waals surface area contributed by atoms with Crippen LogP contribution in [0, 0.1) is 6.92 Å². The smallest absolute Gasteiger partial charge is 0.319 e. The number of fused-ring (bicyclic) bond motifs is 1. The van der Waals surface area contributed by atoms with E-state index in [-0.39, 0.29) is 23.4 Å². The summed E-state index contributed by atoms with van der Waals surface area (Å²) in [6, 6.07) is 16.9. The molecule has 0 radical (unpaired) electrons.